The molecule has 0 unspecified atom stereocenters. The maximum atomic E-state index is 12.0. The monoisotopic (exact) mass is 352 g/mol. The fraction of sp³-hybridized carbons (Fsp3) is 0.500. The topological polar surface area (TPSA) is 66.8 Å². The second-order valence-corrected chi connectivity index (χ2v) is 9.26. The van der Waals surface area contributed by atoms with Crippen molar-refractivity contribution in [3.63, 3.8) is 0 Å². The van der Waals surface area contributed by atoms with Gasteiger partial charge in [-0.05, 0) is 18.6 Å². The molecule has 0 aromatic heterocycles. The first-order valence-electron chi connectivity index (χ1n) is 7.83. The Balaban J connectivity index is 1.91. The van der Waals surface area contributed by atoms with Crippen LogP contribution in [-0.2, 0) is 14.6 Å². The zero-order chi connectivity index (χ0) is 16.4. The molecule has 2 heterocycles. The van der Waals surface area contributed by atoms with Gasteiger partial charge in [0.15, 0.2) is 15.0 Å². The lowest BCUT2D eigenvalue weighted by Gasteiger charge is -2.24. The van der Waals surface area contributed by atoms with E-state index in [0.29, 0.717) is 11.6 Å². The highest BCUT2D eigenvalue weighted by molar-refractivity contribution is 8.16. The van der Waals surface area contributed by atoms with E-state index in [1.165, 1.54) is 11.8 Å². The molecule has 1 aromatic carbocycles. The number of amides is 1. The van der Waals surface area contributed by atoms with Gasteiger partial charge in [0.05, 0.1) is 17.5 Å². The summed E-state index contributed by atoms with van der Waals surface area (Å²) in [5.74, 6) is 0.161. The third kappa shape index (κ3) is 3.61. The third-order valence-corrected chi connectivity index (χ3v) is 7.28. The van der Waals surface area contributed by atoms with Gasteiger partial charge < -0.3 is 4.90 Å². The van der Waals surface area contributed by atoms with Crippen molar-refractivity contribution in [1.29, 1.82) is 0 Å². The molecule has 2 aliphatic rings. The number of thioether (sulfide) groups is 1. The summed E-state index contributed by atoms with van der Waals surface area (Å²) < 4.78 is 23.9. The van der Waals surface area contributed by atoms with Crippen LogP contribution in [0, 0.1) is 0 Å². The van der Waals surface area contributed by atoms with Gasteiger partial charge in [-0.15, -0.1) is 0 Å². The van der Waals surface area contributed by atoms with E-state index in [0.717, 1.165) is 18.5 Å². The van der Waals surface area contributed by atoms with Gasteiger partial charge in [0.25, 0.3) is 0 Å². The van der Waals surface area contributed by atoms with Crippen LogP contribution in [0.4, 0.5) is 5.69 Å². The summed E-state index contributed by atoms with van der Waals surface area (Å²) in [5, 5.41) is 0.597. The molecule has 0 radical (unpaired) electrons. The summed E-state index contributed by atoms with van der Waals surface area (Å²) in [6.45, 7) is 2.04. The Kier molecular flexibility index (Phi) is 4.77. The van der Waals surface area contributed by atoms with Crippen LogP contribution in [0.2, 0.25) is 0 Å². The molecule has 23 heavy (non-hydrogen) atoms. The number of rotatable bonds is 4. The molecule has 2 saturated heterocycles. The molecule has 0 aliphatic carbocycles. The maximum absolute atomic E-state index is 12.0. The number of carbonyl (C=O) groups is 1. The highest BCUT2D eigenvalue weighted by Crippen LogP contribution is 2.40. The minimum atomic E-state index is -3.01. The first kappa shape index (κ1) is 16.5. The molecule has 0 spiro atoms. The zero-order valence-electron chi connectivity index (χ0n) is 13.0. The number of amidine groups is 1. The van der Waals surface area contributed by atoms with E-state index in [1.807, 2.05) is 42.2 Å². The van der Waals surface area contributed by atoms with Gasteiger partial charge in [-0.3, -0.25) is 4.79 Å². The first-order valence-corrected chi connectivity index (χ1v) is 10.5. The number of fused-ring (bicyclic) bond motifs is 1. The van der Waals surface area contributed by atoms with Crippen molar-refractivity contribution >= 4 is 38.4 Å². The van der Waals surface area contributed by atoms with Gasteiger partial charge in [0.1, 0.15) is 0 Å². The Labute approximate surface area is 141 Å². The van der Waals surface area contributed by atoms with Crippen molar-refractivity contribution in [2.45, 2.75) is 37.5 Å². The second kappa shape index (κ2) is 6.65. The SMILES string of the molecule is CCCCC(=O)N=C1S[C@H]2CS(=O)(=O)C[C@@H]2N1c1ccccc1. The Morgan fingerprint density at radius 1 is 1.30 bits per heavy atom. The Morgan fingerprint density at radius 3 is 2.74 bits per heavy atom. The summed E-state index contributed by atoms with van der Waals surface area (Å²) in [4.78, 5) is 18.2. The van der Waals surface area contributed by atoms with Crippen LogP contribution in [0.3, 0.4) is 0 Å². The van der Waals surface area contributed by atoms with Crippen molar-refractivity contribution in [1.82, 2.24) is 0 Å². The van der Waals surface area contributed by atoms with Gasteiger partial charge in [-0.25, -0.2) is 8.42 Å². The number of benzene rings is 1. The number of unbranched alkanes of at least 4 members (excludes halogenated alkanes) is 1. The number of anilines is 1. The van der Waals surface area contributed by atoms with E-state index in [1.54, 1.807) is 0 Å². The zero-order valence-corrected chi connectivity index (χ0v) is 14.6. The molecule has 2 aliphatic heterocycles. The van der Waals surface area contributed by atoms with Gasteiger partial charge in [-0.1, -0.05) is 43.3 Å². The van der Waals surface area contributed by atoms with Crippen molar-refractivity contribution < 1.29 is 13.2 Å². The number of aliphatic imine (C=N–C) groups is 1. The van der Waals surface area contributed by atoms with Crippen LogP contribution in [0.25, 0.3) is 0 Å². The summed E-state index contributed by atoms with van der Waals surface area (Å²) in [6.07, 6.45) is 2.22. The summed E-state index contributed by atoms with van der Waals surface area (Å²) in [5.41, 5.74) is 0.895. The van der Waals surface area contributed by atoms with Crippen LogP contribution in [0.5, 0.6) is 0 Å². The van der Waals surface area contributed by atoms with Crippen molar-refractivity contribution in [2.75, 3.05) is 16.4 Å². The number of hydrogen-bond acceptors (Lipinski definition) is 4. The fourth-order valence-corrected chi connectivity index (χ4v) is 6.88. The molecule has 0 saturated carbocycles. The Morgan fingerprint density at radius 2 is 2.04 bits per heavy atom. The lowest BCUT2D eigenvalue weighted by molar-refractivity contribution is -0.117. The van der Waals surface area contributed by atoms with E-state index in [-0.39, 0.29) is 28.7 Å². The van der Waals surface area contributed by atoms with E-state index in [9.17, 15) is 13.2 Å². The first-order chi connectivity index (χ1) is 11.0. The number of hydrogen-bond donors (Lipinski definition) is 0. The number of carbonyl (C=O) groups excluding carboxylic acids is 1. The van der Waals surface area contributed by atoms with E-state index >= 15 is 0 Å². The van der Waals surface area contributed by atoms with Gasteiger partial charge >= 0.3 is 0 Å². The largest absolute Gasteiger partial charge is 0.316 e. The van der Waals surface area contributed by atoms with Gasteiger partial charge in [-0.2, -0.15) is 4.99 Å². The second-order valence-electron chi connectivity index (χ2n) is 5.90. The lowest BCUT2D eigenvalue weighted by Crippen LogP contribution is -2.37. The van der Waals surface area contributed by atoms with Crippen molar-refractivity contribution in [3.8, 4) is 0 Å². The van der Waals surface area contributed by atoms with Crippen LogP contribution >= 0.6 is 11.8 Å². The number of nitrogens with zero attached hydrogens (tertiary/aromatic N) is 2. The molecule has 0 bridgehead atoms. The summed E-state index contributed by atoms with van der Waals surface area (Å²) in [7, 11) is -3.01. The molecule has 3 rings (SSSR count). The average Bonchev–Trinajstić information content (AvgIpc) is 2.97. The summed E-state index contributed by atoms with van der Waals surface area (Å²) >= 11 is 1.42. The van der Waals surface area contributed by atoms with Crippen LogP contribution in [0.1, 0.15) is 26.2 Å². The van der Waals surface area contributed by atoms with Crippen LogP contribution in [-0.4, -0.2) is 42.3 Å². The summed E-state index contributed by atoms with van der Waals surface area (Å²) in [6, 6.07) is 9.46. The van der Waals surface area contributed by atoms with E-state index in [4.69, 9.17) is 0 Å². The standard InChI is InChI=1S/C16H20N2O3S2/c1-2-3-9-15(19)17-16-18(12-7-5-4-6-8-12)13-10-23(20,21)11-14(13)22-16/h4-8,13-14H,2-3,9-11H2,1H3/t13-,14-/m0/s1. The minimum absolute atomic E-state index is 0.0436. The van der Waals surface area contributed by atoms with Crippen LogP contribution < -0.4 is 4.90 Å². The predicted octanol–water partition coefficient (Wildman–Crippen LogP) is 2.48. The molecule has 7 heteroatoms. The quantitative estimate of drug-likeness (QED) is 0.833. The third-order valence-electron chi connectivity index (χ3n) is 4.07. The van der Waals surface area contributed by atoms with Gasteiger partial charge in [0.2, 0.25) is 5.91 Å². The molecular formula is C16H20N2O3S2. The van der Waals surface area contributed by atoms with Crippen LogP contribution in [0.15, 0.2) is 35.3 Å². The predicted molar refractivity (Wildman–Crippen MR) is 94.7 cm³/mol. The molecular weight excluding hydrogens is 332 g/mol. The van der Waals surface area contributed by atoms with Gasteiger partial charge in [0, 0.05) is 17.4 Å². The average molecular weight is 352 g/mol. The molecule has 0 N–H and O–H groups in total. The normalized spacial score (nSPS) is 27.3. The fourth-order valence-electron chi connectivity index (χ4n) is 2.95. The van der Waals surface area contributed by atoms with E-state index < -0.39 is 9.84 Å². The Hall–Kier alpha value is -1.34. The van der Waals surface area contributed by atoms with Crippen molar-refractivity contribution in [3.05, 3.63) is 30.3 Å². The highest BCUT2D eigenvalue weighted by atomic mass is 32.2. The molecule has 2 fully saturated rings. The highest BCUT2D eigenvalue weighted by Gasteiger charge is 2.49. The smallest absolute Gasteiger partial charge is 0.248 e. The minimum Gasteiger partial charge on any atom is -0.316 e. The number of para-hydroxylation sites is 1. The number of sulfone groups is 1. The molecule has 2 atom stereocenters. The molecule has 124 valence electrons. The Bertz CT molecular complexity index is 716. The molecule has 1 aromatic rings. The van der Waals surface area contributed by atoms with E-state index in [2.05, 4.69) is 4.99 Å². The lowest BCUT2D eigenvalue weighted by atomic mass is 10.2. The molecule has 5 nitrogen and oxygen atoms in total. The van der Waals surface area contributed by atoms with Crippen molar-refractivity contribution in [2.24, 2.45) is 4.99 Å². The molecule has 1 amide bonds. The maximum Gasteiger partial charge on any atom is 0.248 e.